The summed E-state index contributed by atoms with van der Waals surface area (Å²) in [5, 5.41) is 2.63. The van der Waals surface area contributed by atoms with Crippen LogP contribution in [0, 0.1) is 6.92 Å². The van der Waals surface area contributed by atoms with E-state index < -0.39 is 0 Å². The van der Waals surface area contributed by atoms with Gasteiger partial charge in [0.2, 0.25) is 0 Å². The number of pyridine rings is 2. The van der Waals surface area contributed by atoms with Crippen molar-refractivity contribution in [1.29, 1.82) is 0 Å². The maximum Gasteiger partial charge on any atom is 0.0983 e. The van der Waals surface area contributed by atoms with Crippen molar-refractivity contribution in [3.05, 3.63) is 57.3 Å². The number of rotatable bonds is 1. The number of benzene rings is 1. The van der Waals surface area contributed by atoms with Crippen LogP contribution in [0.1, 0.15) is 5.69 Å². The largest absolute Gasteiger partial charge is 0.254 e. The van der Waals surface area contributed by atoms with Gasteiger partial charge in [-0.3, -0.25) is 9.97 Å². The minimum Gasteiger partial charge on any atom is -0.254 e. The Balaban J connectivity index is 2.36. The molecule has 0 aliphatic heterocycles. The molecule has 0 bridgehead atoms. The van der Waals surface area contributed by atoms with Gasteiger partial charge in [0.05, 0.1) is 21.3 Å². The summed E-state index contributed by atoms with van der Waals surface area (Å²) < 4.78 is 0. The lowest BCUT2D eigenvalue weighted by Crippen LogP contribution is -1.92. The summed E-state index contributed by atoms with van der Waals surface area (Å²) in [4.78, 5) is 8.94. The summed E-state index contributed by atoms with van der Waals surface area (Å²) in [5.74, 6) is 0. The van der Waals surface area contributed by atoms with Crippen molar-refractivity contribution < 1.29 is 0 Å². The fourth-order valence-electron chi connectivity index (χ4n) is 2.11. The molecule has 0 aliphatic rings. The summed E-state index contributed by atoms with van der Waals surface area (Å²) in [6.07, 6.45) is 1.70. The van der Waals surface area contributed by atoms with Crippen LogP contribution in [-0.4, -0.2) is 9.97 Å². The Morgan fingerprint density at radius 1 is 0.950 bits per heavy atom. The zero-order valence-electron chi connectivity index (χ0n) is 10.5. The maximum atomic E-state index is 6.26. The molecule has 2 heterocycles. The molecule has 5 heteroatoms. The molecule has 0 radical (unpaired) electrons. The highest BCUT2D eigenvalue weighted by Crippen LogP contribution is 2.34. The Hall–Kier alpha value is -1.35. The molecule has 0 amide bonds. The van der Waals surface area contributed by atoms with E-state index in [9.17, 15) is 0 Å². The summed E-state index contributed by atoms with van der Waals surface area (Å²) >= 11 is 18.5. The Labute approximate surface area is 131 Å². The van der Waals surface area contributed by atoms with Crippen LogP contribution in [0.2, 0.25) is 15.1 Å². The highest BCUT2D eigenvalue weighted by atomic mass is 35.5. The molecule has 0 fully saturated rings. The molecule has 3 rings (SSSR count). The Bertz CT molecular complexity index is 816. The van der Waals surface area contributed by atoms with Gasteiger partial charge in [0.15, 0.2) is 0 Å². The maximum absolute atomic E-state index is 6.26. The lowest BCUT2D eigenvalue weighted by atomic mass is 10.1. The van der Waals surface area contributed by atoms with E-state index in [1.165, 1.54) is 0 Å². The molecule has 0 saturated heterocycles. The second-order valence-electron chi connectivity index (χ2n) is 4.43. The first-order valence-corrected chi connectivity index (χ1v) is 7.07. The van der Waals surface area contributed by atoms with E-state index in [1.54, 1.807) is 18.3 Å². The first-order chi connectivity index (χ1) is 9.56. The third-order valence-corrected chi connectivity index (χ3v) is 3.85. The fraction of sp³-hybridized carbons (Fsp3) is 0.0667. The van der Waals surface area contributed by atoms with E-state index in [-0.39, 0.29) is 0 Å². The molecular formula is C15H9Cl3N2. The van der Waals surface area contributed by atoms with Crippen molar-refractivity contribution in [2.24, 2.45) is 0 Å². The normalized spacial score (nSPS) is 11.0. The van der Waals surface area contributed by atoms with Crippen LogP contribution in [0.4, 0.5) is 0 Å². The van der Waals surface area contributed by atoms with E-state index in [4.69, 9.17) is 34.8 Å². The number of aromatic nitrogens is 2. The second kappa shape index (κ2) is 5.21. The van der Waals surface area contributed by atoms with Crippen LogP contribution in [0.3, 0.4) is 0 Å². The van der Waals surface area contributed by atoms with Crippen molar-refractivity contribution in [3.8, 4) is 11.3 Å². The predicted molar refractivity (Wildman–Crippen MR) is 84.7 cm³/mol. The number of aryl methyl sites for hydroxylation is 1. The molecule has 0 atom stereocenters. The quantitative estimate of drug-likeness (QED) is 0.585. The average Bonchev–Trinajstić information content (AvgIpc) is 2.38. The third-order valence-electron chi connectivity index (χ3n) is 2.99. The van der Waals surface area contributed by atoms with Crippen LogP contribution < -0.4 is 0 Å². The van der Waals surface area contributed by atoms with Crippen LogP contribution in [0.15, 0.2) is 36.5 Å². The Kier molecular flexibility index (Phi) is 3.55. The molecule has 100 valence electrons. The molecule has 1 aromatic carbocycles. The molecule has 2 nitrogen and oxygen atoms in total. The molecule has 0 unspecified atom stereocenters. The highest BCUT2D eigenvalue weighted by Gasteiger charge is 2.12. The monoisotopic (exact) mass is 322 g/mol. The Morgan fingerprint density at radius 3 is 2.50 bits per heavy atom. The van der Waals surface area contributed by atoms with E-state index in [1.807, 2.05) is 25.1 Å². The van der Waals surface area contributed by atoms with E-state index in [2.05, 4.69) is 9.97 Å². The van der Waals surface area contributed by atoms with Crippen molar-refractivity contribution in [1.82, 2.24) is 9.97 Å². The molecule has 0 spiro atoms. The Morgan fingerprint density at radius 2 is 1.75 bits per heavy atom. The minimum atomic E-state index is 0.539. The van der Waals surface area contributed by atoms with Crippen molar-refractivity contribution in [2.45, 2.75) is 6.92 Å². The summed E-state index contributed by atoms with van der Waals surface area (Å²) in [6, 6.07) is 8.98. The third kappa shape index (κ3) is 2.35. The van der Waals surface area contributed by atoms with Crippen LogP contribution in [-0.2, 0) is 0 Å². The summed E-state index contributed by atoms with van der Waals surface area (Å²) in [5.41, 5.74) is 3.06. The van der Waals surface area contributed by atoms with Gasteiger partial charge in [0, 0.05) is 27.9 Å². The van der Waals surface area contributed by atoms with Crippen molar-refractivity contribution in [2.75, 3.05) is 0 Å². The SMILES string of the molecule is Cc1cc(Cl)c2ccnc(-c3ccc(Cl)cc3Cl)c2n1. The predicted octanol–water partition coefficient (Wildman–Crippen LogP) is 5.57. The standard InChI is InChI=1S/C15H9Cl3N2/c1-8-6-12(17)11-4-5-19-14(15(11)20-8)10-3-2-9(16)7-13(10)18/h2-7H,1H3. The van der Waals surface area contributed by atoms with Gasteiger partial charge >= 0.3 is 0 Å². The van der Waals surface area contributed by atoms with Gasteiger partial charge in [-0.15, -0.1) is 0 Å². The highest BCUT2D eigenvalue weighted by molar-refractivity contribution is 6.37. The smallest absolute Gasteiger partial charge is 0.0983 e. The number of hydrogen-bond acceptors (Lipinski definition) is 2. The van der Waals surface area contributed by atoms with Gasteiger partial charge in [0.25, 0.3) is 0 Å². The van der Waals surface area contributed by atoms with Gasteiger partial charge in [-0.25, -0.2) is 0 Å². The van der Waals surface area contributed by atoms with Gasteiger partial charge in [-0.1, -0.05) is 34.8 Å². The fourth-order valence-corrected chi connectivity index (χ4v) is 2.92. The molecular weight excluding hydrogens is 315 g/mol. The van der Waals surface area contributed by atoms with Gasteiger partial charge < -0.3 is 0 Å². The number of nitrogens with zero attached hydrogens (tertiary/aromatic N) is 2. The lowest BCUT2D eigenvalue weighted by molar-refractivity contribution is 1.23. The van der Waals surface area contributed by atoms with E-state index >= 15 is 0 Å². The molecule has 0 aliphatic carbocycles. The topological polar surface area (TPSA) is 25.8 Å². The number of hydrogen-bond donors (Lipinski definition) is 0. The van der Waals surface area contributed by atoms with Crippen LogP contribution in [0.25, 0.3) is 22.2 Å². The first kappa shape index (κ1) is 13.6. The molecule has 0 saturated carbocycles. The van der Waals surface area contributed by atoms with Crippen LogP contribution in [0.5, 0.6) is 0 Å². The summed E-state index contributed by atoms with van der Waals surface area (Å²) in [6.45, 7) is 1.89. The zero-order valence-corrected chi connectivity index (χ0v) is 12.8. The minimum absolute atomic E-state index is 0.539. The zero-order chi connectivity index (χ0) is 14.3. The van der Waals surface area contributed by atoms with Crippen molar-refractivity contribution in [3.63, 3.8) is 0 Å². The second-order valence-corrected chi connectivity index (χ2v) is 5.68. The van der Waals surface area contributed by atoms with Gasteiger partial charge in [-0.05, 0) is 37.3 Å². The average molecular weight is 324 g/mol. The number of halogens is 3. The molecule has 3 aromatic rings. The van der Waals surface area contributed by atoms with Crippen molar-refractivity contribution >= 4 is 45.7 Å². The van der Waals surface area contributed by atoms with E-state index in [0.717, 1.165) is 22.2 Å². The van der Waals surface area contributed by atoms with E-state index in [0.29, 0.717) is 20.8 Å². The lowest BCUT2D eigenvalue weighted by Gasteiger charge is -2.09. The van der Waals surface area contributed by atoms with Gasteiger partial charge in [0.1, 0.15) is 0 Å². The first-order valence-electron chi connectivity index (χ1n) is 5.93. The molecule has 20 heavy (non-hydrogen) atoms. The molecule has 2 aromatic heterocycles. The van der Waals surface area contributed by atoms with Gasteiger partial charge in [-0.2, -0.15) is 0 Å². The molecule has 0 N–H and O–H groups in total. The van der Waals surface area contributed by atoms with Crippen LogP contribution >= 0.6 is 34.8 Å². The number of fused-ring (bicyclic) bond motifs is 1. The summed E-state index contributed by atoms with van der Waals surface area (Å²) in [7, 11) is 0.